The number of hydrogen-bond donors (Lipinski definition) is 0. The zero-order valence-electron chi connectivity index (χ0n) is 31.0. The molecule has 4 heterocycles. The molecule has 0 spiro atoms. The lowest BCUT2D eigenvalue weighted by molar-refractivity contribution is 0.669. The van der Waals surface area contributed by atoms with Crippen LogP contribution < -0.4 is 0 Å². The quantitative estimate of drug-likeness (QED) is 0.164. The molecular formula is C52H31N5O. The molecule has 58 heavy (non-hydrogen) atoms. The third-order valence-corrected chi connectivity index (χ3v) is 11.2. The van der Waals surface area contributed by atoms with Crippen molar-refractivity contribution in [2.75, 3.05) is 0 Å². The van der Waals surface area contributed by atoms with Crippen LogP contribution in [0.1, 0.15) is 0 Å². The van der Waals surface area contributed by atoms with Crippen molar-refractivity contribution in [1.82, 2.24) is 24.3 Å². The maximum Gasteiger partial charge on any atom is 0.164 e. The van der Waals surface area contributed by atoms with Gasteiger partial charge in [-0.25, -0.2) is 19.9 Å². The summed E-state index contributed by atoms with van der Waals surface area (Å²) in [5, 5.41) is 6.85. The van der Waals surface area contributed by atoms with Gasteiger partial charge in [-0.3, -0.25) is 4.40 Å². The van der Waals surface area contributed by atoms with Crippen LogP contribution in [0.2, 0.25) is 0 Å². The van der Waals surface area contributed by atoms with Gasteiger partial charge in [0.25, 0.3) is 0 Å². The smallest absolute Gasteiger partial charge is 0.164 e. The van der Waals surface area contributed by atoms with Crippen LogP contribution in [0, 0.1) is 0 Å². The molecule has 0 bridgehead atoms. The molecule has 270 valence electrons. The van der Waals surface area contributed by atoms with Crippen LogP contribution in [0.15, 0.2) is 193 Å². The predicted octanol–water partition coefficient (Wildman–Crippen LogP) is 13.2. The summed E-state index contributed by atoms with van der Waals surface area (Å²) in [6.07, 6.45) is 2.16. The van der Waals surface area contributed by atoms with Crippen molar-refractivity contribution in [2.45, 2.75) is 0 Å². The molecule has 4 aromatic heterocycles. The molecule has 12 aromatic rings. The summed E-state index contributed by atoms with van der Waals surface area (Å²) in [4.78, 5) is 20.2. The molecule has 8 aromatic carbocycles. The van der Waals surface area contributed by atoms with E-state index in [1.54, 1.807) is 0 Å². The third kappa shape index (κ3) is 5.20. The fourth-order valence-corrected chi connectivity index (χ4v) is 8.43. The zero-order chi connectivity index (χ0) is 38.2. The van der Waals surface area contributed by atoms with Gasteiger partial charge in [-0.15, -0.1) is 0 Å². The van der Waals surface area contributed by atoms with E-state index in [9.17, 15) is 0 Å². The van der Waals surface area contributed by atoms with Crippen molar-refractivity contribution in [3.05, 3.63) is 188 Å². The fraction of sp³-hybridized carbons (Fsp3) is 0. The first kappa shape index (κ1) is 32.3. The molecule has 0 aliphatic rings. The van der Waals surface area contributed by atoms with Gasteiger partial charge in [0, 0.05) is 44.4 Å². The average Bonchev–Trinajstić information content (AvgIpc) is 3.88. The topological polar surface area (TPSA) is 69.1 Å². The molecule has 12 rings (SSSR count). The molecular weight excluding hydrogens is 711 g/mol. The molecule has 0 saturated heterocycles. The fourth-order valence-electron chi connectivity index (χ4n) is 8.43. The summed E-state index contributed by atoms with van der Waals surface area (Å²) in [6, 6.07) is 63.0. The van der Waals surface area contributed by atoms with Crippen molar-refractivity contribution in [2.24, 2.45) is 0 Å². The van der Waals surface area contributed by atoms with E-state index in [1.165, 1.54) is 10.8 Å². The Morgan fingerprint density at radius 2 is 0.879 bits per heavy atom. The predicted molar refractivity (Wildman–Crippen MR) is 236 cm³/mol. The summed E-state index contributed by atoms with van der Waals surface area (Å²) < 4.78 is 8.34. The van der Waals surface area contributed by atoms with Crippen LogP contribution >= 0.6 is 0 Å². The van der Waals surface area contributed by atoms with Crippen molar-refractivity contribution in [3.63, 3.8) is 0 Å². The summed E-state index contributed by atoms with van der Waals surface area (Å²) in [5.41, 5.74) is 12.0. The Bertz CT molecular complexity index is 3510. The van der Waals surface area contributed by atoms with E-state index in [0.717, 1.165) is 88.3 Å². The Morgan fingerprint density at radius 3 is 1.64 bits per heavy atom. The van der Waals surface area contributed by atoms with Crippen LogP contribution in [-0.2, 0) is 0 Å². The lowest BCUT2D eigenvalue weighted by Gasteiger charge is -2.11. The second-order valence-corrected chi connectivity index (χ2v) is 14.7. The Labute approximate surface area is 332 Å². The standard InChI is InChI=1S/C52H31N5O/c1-3-12-32(13-4-1)50-54-51(33-14-5-2-6-15-33)56-52(55-50)38-17-11-16-34(28-38)35-22-24-42-43(29-35)39-18-7-8-20-41(39)48-49(42)57-27-26-37(31-47(57)53-48)36-23-25-46-44(30-36)40-19-9-10-21-45(40)58-46/h1-31H. The van der Waals surface area contributed by atoms with Gasteiger partial charge in [0.2, 0.25) is 0 Å². The Kier molecular flexibility index (Phi) is 7.13. The third-order valence-electron chi connectivity index (χ3n) is 11.2. The van der Waals surface area contributed by atoms with Crippen molar-refractivity contribution in [1.29, 1.82) is 0 Å². The highest BCUT2D eigenvalue weighted by atomic mass is 16.3. The molecule has 0 aliphatic carbocycles. The number of rotatable bonds is 5. The SMILES string of the molecule is c1ccc(-c2nc(-c3ccccc3)nc(-c3cccc(-c4ccc5c(c4)c4ccccc4c4nc6cc(-c7ccc8oc9ccccc9c8c7)ccn6c54)c3)n2)cc1. The van der Waals surface area contributed by atoms with Crippen LogP contribution in [-0.4, -0.2) is 24.3 Å². The number of para-hydroxylation sites is 1. The molecule has 0 amide bonds. The molecule has 6 nitrogen and oxygen atoms in total. The highest BCUT2D eigenvalue weighted by Crippen LogP contribution is 2.39. The molecule has 0 saturated carbocycles. The van der Waals surface area contributed by atoms with Gasteiger partial charge in [0.05, 0.1) is 11.0 Å². The van der Waals surface area contributed by atoms with Crippen molar-refractivity contribution >= 4 is 60.2 Å². The van der Waals surface area contributed by atoms with E-state index in [4.69, 9.17) is 24.4 Å². The van der Waals surface area contributed by atoms with Crippen LogP contribution in [0.3, 0.4) is 0 Å². The van der Waals surface area contributed by atoms with Crippen LogP contribution in [0.4, 0.5) is 0 Å². The molecule has 0 unspecified atom stereocenters. The van der Waals surface area contributed by atoms with Crippen LogP contribution in [0.5, 0.6) is 0 Å². The van der Waals surface area contributed by atoms with E-state index in [-0.39, 0.29) is 0 Å². The van der Waals surface area contributed by atoms with Gasteiger partial charge in [-0.1, -0.05) is 140 Å². The van der Waals surface area contributed by atoms with E-state index in [1.807, 2.05) is 72.8 Å². The van der Waals surface area contributed by atoms with E-state index in [2.05, 4.69) is 120 Å². The van der Waals surface area contributed by atoms with Gasteiger partial charge in [0.15, 0.2) is 17.5 Å². The number of pyridine rings is 1. The number of aromatic nitrogens is 5. The minimum absolute atomic E-state index is 0.630. The normalized spacial score (nSPS) is 11.8. The highest BCUT2D eigenvalue weighted by Gasteiger charge is 2.18. The molecule has 0 N–H and O–H groups in total. The Balaban J connectivity index is 0.988. The maximum atomic E-state index is 6.11. The van der Waals surface area contributed by atoms with Crippen LogP contribution in [0.25, 0.3) is 117 Å². The first-order valence-electron chi connectivity index (χ1n) is 19.4. The van der Waals surface area contributed by atoms with Gasteiger partial charge in [0.1, 0.15) is 16.8 Å². The molecule has 0 radical (unpaired) electrons. The minimum atomic E-state index is 0.630. The molecule has 0 aliphatic heterocycles. The number of benzene rings is 8. The number of fused-ring (bicyclic) bond motifs is 11. The van der Waals surface area contributed by atoms with Gasteiger partial charge >= 0.3 is 0 Å². The second kappa shape index (κ2) is 12.8. The summed E-state index contributed by atoms with van der Waals surface area (Å²) >= 11 is 0. The number of imidazole rings is 1. The van der Waals surface area contributed by atoms with Crippen molar-refractivity contribution in [3.8, 4) is 56.4 Å². The van der Waals surface area contributed by atoms with E-state index >= 15 is 0 Å². The first-order chi connectivity index (χ1) is 28.7. The first-order valence-corrected chi connectivity index (χ1v) is 19.4. The minimum Gasteiger partial charge on any atom is -0.456 e. The zero-order valence-corrected chi connectivity index (χ0v) is 31.0. The van der Waals surface area contributed by atoms with Crippen molar-refractivity contribution < 1.29 is 4.42 Å². The molecule has 6 heteroatoms. The summed E-state index contributed by atoms with van der Waals surface area (Å²) in [7, 11) is 0. The Morgan fingerprint density at radius 1 is 0.328 bits per heavy atom. The lowest BCUT2D eigenvalue weighted by atomic mass is 9.95. The molecule has 0 fully saturated rings. The summed E-state index contributed by atoms with van der Waals surface area (Å²) in [5.74, 6) is 1.92. The number of furan rings is 1. The monoisotopic (exact) mass is 741 g/mol. The highest BCUT2D eigenvalue weighted by molar-refractivity contribution is 6.24. The Hall–Kier alpha value is -7.96. The number of hydrogen-bond acceptors (Lipinski definition) is 5. The average molecular weight is 742 g/mol. The van der Waals surface area contributed by atoms with E-state index in [0.29, 0.717) is 17.5 Å². The number of nitrogens with zero attached hydrogens (tertiary/aromatic N) is 5. The van der Waals surface area contributed by atoms with Gasteiger partial charge in [-0.2, -0.15) is 0 Å². The van der Waals surface area contributed by atoms with Gasteiger partial charge in [-0.05, 0) is 75.5 Å². The van der Waals surface area contributed by atoms with Gasteiger partial charge < -0.3 is 4.42 Å². The lowest BCUT2D eigenvalue weighted by Crippen LogP contribution is -2.00. The largest absolute Gasteiger partial charge is 0.456 e. The summed E-state index contributed by atoms with van der Waals surface area (Å²) in [6.45, 7) is 0. The van der Waals surface area contributed by atoms with E-state index < -0.39 is 0 Å². The second-order valence-electron chi connectivity index (χ2n) is 14.7. The maximum absolute atomic E-state index is 6.11. The molecule has 0 atom stereocenters.